The van der Waals surface area contributed by atoms with Crippen LogP contribution < -0.4 is 15.6 Å². The smallest absolute Gasteiger partial charge is 0.270 e. The molecule has 0 aliphatic carbocycles. The number of hydrogen-bond donors (Lipinski definition) is 2. The fraction of sp³-hybridized carbons (Fsp3) is 0.227. The molecule has 2 aromatic carbocycles. The molecule has 10 heteroatoms. The van der Waals surface area contributed by atoms with Crippen molar-refractivity contribution in [2.75, 3.05) is 12.9 Å². The largest absolute Gasteiger partial charge is 0.497 e. The summed E-state index contributed by atoms with van der Waals surface area (Å²) in [4.78, 5) is 30.5. The standard InChI is InChI=1S/C22H23N3O5S2/c1-3-15-6-10-18(11-7-15)32(28,29)19-13-24-22(25-21(19)27)31-14-20(26)23-12-16-4-8-17(30-2)9-5-16/h4-11,13H,3,12,14H2,1-2H3,(H,23,26)(H,24,25,27). The molecule has 0 saturated heterocycles. The Morgan fingerprint density at radius 1 is 1.09 bits per heavy atom. The molecular formula is C22H23N3O5S2. The number of thioether (sulfide) groups is 1. The minimum absolute atomic E-state index is 0.0175. The van der Waals surface area contributed by atoms with E-state index in [1.54, 1.807) is 31.4 Å². The van der Waals surface area contributed by atoms with Crippen molar-refractivity contribution in [3.63, 3.8) is 0 Å². The van der Waals surface area contributed by atoms with Crippen LogP contribution in [0.15, 0.2) is 74.5 Å². The van der Waals surface area contributed by atoms with Gasteiger partial charge in [-0.1, -0.05) is 43.0 Å². The summed E-state index contributed by atoms with van der Waals surface area (Å²) in [5.74, 6) is 0.499. The van der Waals surface area contributed by atoms with Crippen LogP contribution >= 0.6 is 11.8 Å². The minimum atomic E-state index is -3.99. The third-order valence-corrected chi connectivity index (χ3v) is 7.31. The molecule has 1 heterocycles. The predicted octanol–water partition coefficient (Wildman–Crippen LogP) is 2.58. The monoisotopic (exact) mass is 473 g/mol. The van der Waals surface area contributed by atoms with Crippen LogP contribution in [0.4, 0.5) is 0 Å². The summed E-state index contributed by atoms with van der Waals surface area (Å²) in [7, 11) is -2.41. The second-order valence-corrected chi connectivity index (χ2v) is 9.68. The van der Waals surface area contributed by atoms with Crippen molar-refractivity contribution in [3.05, 3.63) is 76.2 Å². The average molecular weight is 474 g/mol. The molecule has 3 rings (SSSR count). The van der Waals surface area contributed by atoms with Crippen LogP contribution in [0, 0.1) is 0 Å². The molecule has 0 spiro atoms. The first-order chi connectivity index (χ1) is 15.3. The quantitative estimate of drug-likeness (QED) is 0.362. The molecular weight excluding hydrogens is 450 g/mol. The van der Waals surface area contributed by atoms with E-state index in [-0.39, 0.29) is 21.7 Å². The van der Waals surface area contributed by atoms with Crippen molar-refractivity contribution < 1.29 is 17.9 Å². The van der Waals surface area contributed by atoms with Crippen LogP contribution in [0.3, 0.4) is 0 Å². The number of nitrogens with zero attached hydrogens (tertiary/aromatic N) is 1. The van der Waals surface area contributed by atoms with Crippen molar-refractivity contribution >= 4 is 27.5 Å². The zero-order chi connectivity index (χ0) is 23.1. The van der Waals surface area contributed by atoms with Gasteiger partial charge in [-0.05, 0) is 41.8 Å². The predicted molar refractivity (Wildman–Crippen MR) is 122 cm³/mol. The zero-order valence-corrected chi connectivity index (χ0v) is 19.3. The second kappa shape index (κ2) is 10.5. The normalized spacial score (nSPS) is 11.2. The maximum atomic E-state index is 12.8. The Morgan fingerprint density at radius 2 is 1.75 bits per heavy atom. The molecule has 0 radical (unpaired) electrons. The fourth-order valence-electron chi connectivity index (χ4n) is 2.79. The molecule has 8 nitrogen and oxygen atoms in total. The van der Waals surface area contributed by atoms with E-state index in [0.717, 1.165) is 41.3 Å². The van der Waals surface area contributed by atoms with Gasteiger partial charge in [0.1, 0.15) is 5.75 Å². The average Bonchev–Trinajstić information content (AvgIpc) is 2.81. The molecule has 0 aliphatic rings. The summed E-state index contributed by atoms with van der Waals surface area (Å²) >= 11 is 1.01. The first-order valence-corrected chi connectivity index (χ1v) is 12.3. The van der Waals surface area contributed by atoms with Gasteiger partial charge in [0.15, 0.2) is 10.1 Å². The van der Waals surface area contributed by atoms with Crippen molar-refractivity contribution in [3.8, 4) is 5.75 Å². The number of rotatable bonds is 9. The van der Waals surface area contributed by atoms with Gasteiger partial charge in [0.2, 0.25) is 15.7 Å². The van der Waals surface area contributed by atoms with E-state index in [0.29, 0.717) is 6.54 Å². The number of carbonyl (C=O) groups excluding carboxylic acids is 1. The number of aryl methyl sites for hydroxylation is 1. The maximum absolute atomic E-state index is 12.8. The van der Waals surface area contributed by atoms with E-state index in [2.05, 4.69) is 15.3 Å². The van der Waals surface area contributed by atoms with E-state index in [9.17, 15) is 18.0 Å². The number of ether oxygens (including phenoxy) is 1. The number of methoxy groups -OCH3 is 1. The van der Waals surface area contributed by atoms with E-state index in [1.807, 2.05) is 19.1 Å². The lowest BCUT2D eigenvalue weighted by atomic mass is 10.2. The molecule has 0 atom stereocenters. The van der Waals surface area contributed by atoms with Gasteiger partial charge in [0.25, 0.3) is 5.56 Å². The third kappa shape index (κ3) is 5.77. The van der Waals surface area contributed by atoms with Gasteiger partial charge in [-0.3, -0.25) is 9.59 Å². The lowest BCUT2D eigenvalue weighted by Crippen LogP contribution is -2.25. The third-order valence-electron chi connectivity index (χ3n) is 4.66. The summed E-state index contributed by atoms with van der Waals surface area (Å²) in [6.07, 6.45) is 1.81. The first kappa shape index (κ1) is 23.6. The molecule has 0 unspecified atom stereocenters. The van der Waals surface area contributed by atoms with E-state index in [1.165, 1.54) is 12.1 Å². The summed E-state index contributed by atoms with van der Waals surface area (Å²) in [5, 5.41) is 2.93. The Bertz CT molecular complexity index is 1240. The molecule has 0 aliphatic heterocycles. The number of sulfone groups is 1. The first-order valence-electron chi connectivity index (χ1n) is 9.79. The van der Waals surface area contributed by atoms with Crippen LogP contribution in [0.2, 0.25) is 0 Å². The second-order valence-electron chi connectivity index (χ2n) is 6.80. The summed E-state index contributed by atoms with van der Waals surface area (Å²) in [6, 6.07) is 13.7. The number of H-pyrrole nitrogens is 1. The highest BCUT2D eigenvalue weighted by atomic mass is 32.2. The van der Waals surface area contributed by atoms with E-state index < -0.39 is 20.3 Å². The molecule has 1 aromatic heterocycles. The van der Waals surface area contributed by atoms with Gasteiger partial charge in [-0.2, -0.15) is 0 Å². The van der Waals surface area contributed by atoms with E-state index in [4.69, 9.17) is 4.74 Å². The van der Waals surface area contributed by atoms with Crippen molar-refractivity contribution in [1.29, 1.82) is 0 Å². The SMILES string of the molecule is CCc1ccc(S(=O)(=O)c2cnc(SCC(=O)NCc3ccc(OC)cc3)[nH]c2=O)cc1. The molecule has 2 N–H and O–H groups in total. The van der Waals surface area contributed by atoms with Gasteiger partial charge in [0.05, 0.1) is 24.0 Å². The molecule has 0 fully saturated rings. The Hall–Kier alpha value is -3.11. The highest BCUT2D eigenvalue weighted by Crippen LogP contribution is 2.19. The Labute approximate surface area is 190 Å². The van der Waals surface area contributed by atoms with Crippen LogP contribution in [0.5, 0.6) is 5.75 Å². The number of amides is 1. The van der Waals surface area contributed by atoms with Gasteiger partial charge >= 0.3 is 0 Å². The molecule has 1 amide bonds. The molecule has 3 aromatic rings. The molecule has 32 heavy (non-hydrogen) atoms. The lowest BCUT2D eigenvalue weighted by molar-refractivity contribution is -0.118. The Balaban J connectivity index is 1.60. The number of carbonyl (C=O) groups is 1. The van der Waals surface area contributed by atoms with Crippen molar-refractivity contribution in [2.24, 2.45) is 0 Å². The van der Waals surface area contributed by atoms with Gasteiger partial charge < -0.3 is 15.0 Å². The number of hydrogen-bond acceptors (Lipinski definition) is 7. The van der Waals surface area contributed by atoms with Crippen LogP contribution in [0.1, 0.15) is 18.1 Å². The summed E-state index contributed by atoms with van der Waals surface area (Å²) in [5.41, 5.74) is 1.13. The van der Waals surface area contributed by atoms with Crippen LogP contribution in [-0.4, -0.2) is 37.2 Å². The summed E-state index contributed by atoms with van der Waals surface area (Å²) < 4.78 is 30.6. The van der Waals surface area contributed by atoms with Gasteiger partial charge in [-0.25, -0.2) is 13.4 Å². The van der Waals surface area contributed by atoms with E-state index >= 15 is 0 Å². The van der Waals surface area contributed by atoms with Crippen molar-refractivity contribution in [1.82, 2.24) is 15.3 Å². The summed E-state index contributed by atoms with van der Waals surface area (Å²) in [6.45, 7) is 2.31. The fourth-order valence-corrected chi connectivity index (χ4v) is 4.69. The molecule has 0 saturated carbocycles. The van der Waals surface area contributed by atoms with Crippen molar-refractivity contribution in [2.45, 2.75) is 34.8 Å². The van der Waals surface area contributed by atoms with Crippen LogP contribution in [0.25, 0.3) is 0 Å². The van der Waals surface area contributed by atoms with Gasteiger partial charge in [-0.15, -0.1) is 0 Å². The Morgan fingerprint density at radius 3 is 2.34 bits per heavy atom. The van der Waals surface area contributed by atoms with Gasteiger partial charge in [0, 0.05) is 6.54 Å². The number of aromatic nitrogens is 2. The number of aromatic amines is 1. The highest BCUT2D eigenvalue weighted by Gasteiger charge is 2.22. The minimum Gasteiger partial charge on any atom is -0.497 e. The highest BCUT2D eigenvalue weighted by molar-refractivity contribution is 7.99. The lowest BCUT2D eigenvalue weighted by Gasteiger charge is -2.07. The number of benzene rings is 2. The topological polar surface area (TPSA) is 118 Å². The molecule has 168 valence electrons. The number of nitrogens with one attached hydrogen (secondary N) is 2. The maximum Gasteiger partial charge on any atom is 0.270 e. The zero-order valence-electron chi connectivity index (χ0n) is 17.6. The Kier molecular flexibility index (Phi) is 7.70. The van der Waals surface area contributed by atoms with Crippen LogP contribution in [-0.2, 0) is 27.6 Å². The molecule has 0 bridgehead atoms.